The minimum Gasteiger partial charge on any atom is -0.325 e. The topological polar surface area (TPSA) is 92.2 Å². The normalized spacial score (nSPS) is 24.7. The number of likely N-dealkylation sites (tertiary alicyclic amines) is 1. The second kappa shape index (κ2) is 14.5. The van der Waals surface area contributed by atoms with Crippen molar-refractivity contribution in [1.29, 1.82) is 0 Å². The molecule has 2 aromatic rings. The van der Waals surface area contributed by atoms with Crippen molar-refractivity contribution in [2.75, 3.05) is 37.3 Å². The maximum absolute atomic E-state index is 13.2. The van der Waals surface area contributed by atoms with Crippen LogP contribution in [-0.2, 0) is 16.6 Å². The molecule has 0 aromatic carbocycles. The number of amides is 2. The number of aromatic nitrogens is 3. The number of pyridine rings is 1. The molecule has 3 aliphatic rings. The lowest BCUT2D eigenvalue weighted by Crippen LogP contribution is -2.56. The highest BCUT2D eigenvalue weighted by Gasteiger charge is 2.42. The van der Waals surface area contributed by atoms with Crippen molar-refractivity contribution in [2.45, 2.75) is 103 Å². The molecule has 3 atom stereocenters. The Hall–Kier alpha value is -3.56. The lowest BCUT2D eigenvalue weighted by atomic mass is 9.94. The van der Waals surface area contributed by atoms with Gasteiger partial charge in [0.15, 0.2) is 0 Å². The smallest absolute Gasteiger partial charge is 0.251 e. The first-order valence-electron chi connectivity index (χ1n) is 17.3. The number of rotatable bonds is 11. The van der Waals surface area contributed by atoms with E-state index >= 15 is 0 Å². The Morgan fingerprint density at radius 3 is 2.63 bits per heavy atom. The summed E-state index contributed by atoms with van der Waals surface area (Å²) >= 11 is 0. The van der Waals surface area contributed by atoms with Gasteiger partial charge < -0.3 is 15.1 Å². The molecule has 1 aliphatic carbocycles. The van der Waals surface area contributed by atoms with Crippen molar-refractivity contribution in [3.63, 3.8) is 0 Å². The zero-order chi connectivity index (χ0) is 32.9. The number of hydrogen-bond donors (Lipinski definition) is 2. The van der Waals surface area contributed by atoms with Crippen LogP contribution >= 0.6 is 0 Å². The third-order valence-electron chi connectivity index (χ3n) is 11.0. The van der Waals surface area contributed by atoms with E-state index < -0.39 is 0 Å². The monoisotopic (exact) mass is 628 g/mol. The van der Waals surface area contributed by atoms with Gasteiger partial charge in [0.25, 0.3) is 5.91 Å². The zero-order valence-electron chi connectivity index (χ0n) is 28.8. The van der Waals surface area contributed by atoms with Gasteiger partial charge in [-0.2, -0.15) is 5.10 Å². The van der Waals surface area contributed by atoms with E-state index in [9.17, 15) is 9.59 Å². The fraction of sp³-hybridized carbons (Fsp3) is 0.568. The summed E-state index contributed by atoms with van der Waals surface area (Å²) < 4.78 is 2.71. The van der Waals surface area contributed by atoms with Crippen LogP contribution in [0, 0.1) is 6.92 Å². The van der Waals surface area contributed by atoms with E-state index in [0.717, 1.165) is 42.5 Å². The molecule has 2 N–H and O–H groups in total. The van der Waals surface area contributed by atoms with E-state index in [4.69, 9.17) is 0 Å². The standard InChI is InChI=1S/C37H53N7O2/c1-7-33-14-13-30(31-24-39-42(5)26-31)22-28(3)44(33,6)21-10-12-27(2)36(46)41-34-23-32(25-38-29(34)4)40-35(45)15-20-43-19-11-18-37(43)16-8-9-17-37/h12-14,22-26,28,33H,7-11,15-21H2,1-6H3,(H-,40,41,45,46)/p+1. The molecule has 4 heterocycles. The molecule has 2 aliphatic heterocycles. The van der Waals surface area contributed by atoms with Crippen molar-refractivity contribution >= 4 is 28.8 Å². The van der Waals surface area contributed by atoms with Crippen LogP contribution in [0.1, 0.15) is 89.8 Å². The van der Waals surface area contributed by atoms with Gasteiger partial charge in [-0.3, -0.25) is 24.2 Å². The maximum Gasteiger partial charge on any atom is 0.251 e. The van der Waals surface area contributed by atoms with Crippen LogP contribution in [0.5, 0.6) is 0 Å². The molecule has 9 heteroatoms. The largest absolute Gasteiger partial charge is 0.325 e. The Morgan fingerprint density at radius 2 is 1.91 bits per heavy atom. The highest BCUT2D eigenvalue weighted by atomic mass is 16.2. The molecular formula is C37H54N7O2+. The summed E-state index contributed by atoms with van der Waals surface area (Å²) in [5.74, 6) is -0.164. The van der Waals surface area contributed by atoms with E-state index in [1.54, 1.807) is 6.20 Å². The van der Waals surface area contributed by atoms with E-state index in [1.165, 1.54) is 44.1 Å². The fourth-order valence-corrected chi connectivity index (χ4v) is 7.89. The predicted octanol–water partition coefficient (Wildman–Crippen LogP) is 6.40. The molecule has 46 heavy (non-hydrogen) atoms. The number of nitrogens with zero attached hydrogens (tertiary/aromatic N) is 5. The van der Waals surface area contributed by atoms with Gasteiger partial charge in [0.05, 0.1) is 43.1 Å². The summed E-state index contributed by atoms with van der Waals surface area (Å²) in [4.78, 5) is 33.1. The first kappa shape index (κ1) is 33.8. The molecule has 1 saturated carbocycles. The van der Waals surface area contributed by atoms with Crippen LogP contribution < -0.4 is 10.6 Å². The molecule has 2 fully saturated rings. The Kier molecular flexibility index (Phi) is 10.6. The lowest BCUT2D eigenvalue weighted by Gasteiger charge is -2.43. The van der Waals surface area contributed by atoms with Crippen LogP contribution in [0.25, 0.3) is 5.57 Å². The molecule has 1 saturated heterocycles. The van der Waals surface area contributed by atoms with Crippen LogP contribution in [0.15, 0.2) is 54.5 Å². The number of quaternary nitrogens is 1. The van der Waals surface area contributed by atoms with Gasteiger partial charge in [0, 0.05) is 55.7 Å². The number of allylic oxidation sites excluding steroid dienone is 2. The van der Waals surface area contributed by atoms with Crippen molar-refractivity contribution in [1.82, 2.24) is 19.7 Å². The maximum atomic E-state index is 13.2. The highest BCUT2D eigenvalue weighted by Crippen LogP contribution is 2.43. The third-order valence-corrected chi connectivity index (χ3v) is 11.0. The van der Waals surface area contributed by atoms with E-state index in [2.05, 4.69) is 70.9 Å². The summed E-state index contributed by atoms with van der Waals surface area (Å²) in [7, 11) is 4.27. The van der Waals surface area contributed by atoms with Crippen molar-refractivity contribution < 1.29 is 14.1 Å². The molecule has 9 nitrogen and oxygen atoms in total. The average Bonchev–Trinajstić information content (AvgIpc) is 3.77. The minimum absolute atomic E-state index is 0.0129. The Bertz CT molecular complexity index is 1490. The number of aryl methyl sites for hydroxylation is 2. The lowest BCUT2D eigenvalue weighted by molar-refractivity contribution is -0.942. The molecule has 2 aromatic heterocycles. The SMILES string of the molecule is CCC1C=CC(c2cnn(C)c2)=CC(C)[N+]1(C)CCC=C(C)C(=O)Nc1cc(NC(=O)CCN2CCCC23CCCC3)cnc1C. The van der Waals surface area contributed by atoms with Crippen molar-refractivity contribution in [3.8, 4) is 0 Å². The van der Waals surface area contributed by atoms with Crippen LogP contribution in [0.3, 0.4) is 0 Å². The quantitative estimate of drug-likeness (QED) is 0.222. The van der Waals surface area contributed by atoms with Gasteiger partial charge in [0.1, 0.15) is 12.1 Å². The van der Waals surface area contributed by atoms with Crippen molar-refractivity contribution in [3.05, 3.63) is 65.8 Å². The summed E-state index contributed by atoms with van der Waals surface area (Å²) in [6.07, 6.45) is 24.6. The minimum atomic E-state index is -0.151. The first-order chi connectivity index (χ1) is 22.0. The van der Waals surface area contributed by atoms with Crippen LogP contribution in [-0.4, -0.2) is 80.3 Å². The number of likely N-dealkylation sites (N-methyl/N-ethyl adjacent to an activating group) is 1. The summed E-state index contributed by atoms with van der Waals surface area (Å²) in [6, 6.07) is 2.48. The van der Waals surface area contributed by atoms with E-state index in [0.29, 0.717) is 46.7 Å². The van der Waals surface area contributed by atoms with Gasteiger partial charge in [-0.25, -0.2) is 0 Å². The fourth-order valence-electron chi connectivity index (χ4n) is 7.89. The molecule has 1 spiro atoms. The number of hydrogen-bond acceptors (Lipinski definition) is 5. The molecule has 0 radical (unpaired) electrons. The summed E-state index contributed by atoms with van der Waals surface area (Å²) in [5, 5.41) is 10.4. The van der Waals surface area contributed by atoms with E-state index in [-0.39, 0.29) is 11.8 Å². The van der Waals surface area contributed by atoms with Crippen LogP contribution in [0.4, 0.5) is 11.4 Å². The highest BCUT2D eigenvalue weighted by molar-refractivity contribution is 6.04. The molecule has 2 amide bonds. The summed E-state index contributed by atoms with van der Waals surface area (Å²) in [6.45, 7) is 11.1. The third kappa shape index (κ3) is 7.52. The molecule has 0 bridgehead atoms. The number of anilines is 2. The second-order valence-electron chi connectivity index (χ2n) is 14.0. The number of carbonyl (C=O) groups is 2. The van der Waals surface area contributed by atoms with E-state index in [1.807, 2.05) is 43.9 Å². The first-order valence-corrected chi connectivity index (χ1v) is 17.3. The van der Waals surface area contributed by atoms with Gasteiger partial charge in [-0.05, 0) is 76.8 Å². The Labute approximate surface area is 275 Å². The molecule has 5 rings (SSSR count). The Balaban J connectivity index is 1.16. The van der Waals surface area contributed by atoms with Gasteiger partial charge >= 0.3 is 0 Å². The average molecular weight is 629 g/mol. The van der Waals surface area contributed by atoms with Gasteiger partial charge in [-0.15, -0.1) is 0 Å². The molecule has 3 unspecified atom stereocenters. The predicted molar refractivity (Wildman–Crippen MR) is 186 cm³/mol. The Morgan fingerprint density at radius 1 is 1.15 bits per heavy atom. The second-order valence-corrected chi connectivity index (χ2v) is 14.0. The number of carbonyl (C=O) groups excluding carboxylic acids is 2. The van der Waals surface area contributed by atoms with Gasteiger partial charge in [0.2, 0.25) is 5.91 Å². The van der Waals surface area contributed by atoms with Crippen molar-refractivity contribution in [2.24, 2.45) is 7.05 Å². The molecule has 248 valence electrons. The van der Waals surface area contributed by atoms with Crippen LogP contribution in [0.2, 0.25) is 0 Å². The van der Waals surface area contributed by atoms with Gasteiger partial charge in [-0.1, -0.05) is 31.9 Å². The summed E-state index contributed by atoms with van der Waals surface area (Å²) in [5.41, 5.74) is 5.29. The number of nitrogens with one attached hydrogen (secondary N) is 2. The zero-order valence-corrected chi connectivity index (χ0v) is 28.8. The molecular weight excluding hydrogens is 574 g/mol.